The average molecular weight is 196 g/mol. The van der Waals surface area contributed by atoms with E-state index in [1.165, 1.54) is 0 Å². The minimum Gasteiger partial charge on any atom is -0.378 e. The molecule has 0 spiro atoms. The summed E-state index contributed by atoms with van der Waals surface area (Å²) in [7, 11) is 0. The van der Waals surface area contributed by atoms with Crippen LogP contribution in [0, 0.1) is 23.0 Å². The molecule has 0 bridgehead atoms. The van der Waals surface area contributed by atoms with Crippen LogP contribution in [0.4, 0.5) is 14.5 Å². The van der Waals surface area contributed by atoms with Crippen molar-refractivity contribution >= 4 is 5.69 Å². The Kier molecular flexibility index (Phi) is 3.03. The summed E-state index contributed by atoms with van der Waals surface area (Å²) in [5.74, 6) is -1.48. The number of rotatable bonds is 2. The lowest BCUT2D eigenvalue weighted by atomic mass is 10.2. The Morgan fingerprint density at radius 2 is 1.79 bits per heavy atom. The van der Waals surface area contributed by atoms with Gasteiger partial charge in [-0.2, -0.15) is 5.26 Å². The van der Waals surface area contributed by atoms with Crippen molar-refractivity contribution in [3.63, 3.8) is 0 Å². The van der Waals surface area contributed by atoms with Crippen molar-refractivity contribution in [3.8, 4) is 6.07 Å². The average Bonchev–Trinajstić information content (AvgIpc) is 2.10. The highest BCUT2D eigenvalue weighted by atomic mass is 19.1. The van der Waals surface area contributed by atoms with Gasteiger partial charge >= 0.3 is 0 Å². The van der Waals surface area contributed by atoms with Crippen molar-refractivity contribution in [2.75, 3.05) is 5.32 Å². The predicted octanol–water partition coefficient (Wildman–Crippen LogP) is 2.66. The molecule has 1 aromatic carbocycles. The van der Waals surface area contributed by atoms with Crippen LogP contribution in [0.2, 0.25) is 0 Å². The molecule has 74 valence electrons. The molecule has 0 aliphatic carbocycles. The number of anilines is 1. The number of nitriles is 1. The zero-order valence-corrected chi connectivity index (χ0v) is 7.94. The summed E-state index contributed by atoms with van der Waals surface area (Å²) < 4.78 is 26.4. The summed E-state index contributed by atoms with van der Waals surface area (Å²) in [6, 6.07) is 3.63. The van der Waals surface area contributed by atoms with Crippen molar-refractivity contribution in [1.82, 2.24) is 0 Å². The molecule has 1 aromatic rings. The Morgan fingerprint density at radius 3 is 2.14 bits per heavy atom. The van der Waals surface area contributed by atoms with E-state index in [1.54, 1.807) is 19.9 Å². The zero-order valence-electron chi connectivity index (χ0n) is 7.94. The topological polar surface area (TPSA) is 35.8 Å². The van der Waals surface area contributed by atoms with E-state index in [4.69, 9.17) is 5.26 Å². The van der Waals surface area contributed by atoms with Gasteiger partial charge < -0.3 is 5.32 Å². The molecule has 0 saturated heterocycles. The van der Waals surface area contributed by atoms with Gasteiger partial charge in [0.1, 0.15) is 5.69 Å². The largest absolute Gasteiger partial charge is 0.378 e. The molecule has 0 fully saturated rings. The fourth-order valence-corrected chi connectivity index (χ4v) is 1.06. The van der Waals surface area contributed by atoms with Gasteiger partial charge in [-0.15, -0.1) is 0 Å². The monoisotopic (exact) mass is 196 g/mol. The first-order valence-corrected chi connectivity index (χ1v) is 4.20. The lowest BCUT2D eigenvalue weighted by Crippen LogP contribution is -2.12. The van der Waals surface area contributed by atoms with Crippen LogP contribution >= 0.6 is 0 Å². The second-order valence-corrected chi connectivity index (χ2v) is 3.23. The molecular formula is C10H10F2N2. The minimum atomic E-state index is -0.741. The summed E-state index contributed by atoms with van der Waals surface area (Å²) in [4.78, 5) is 0. The van der Waals surface area contributed by atoms with E-state index in [0.717, 1.165) is 12.1 Å². The number of benzene rings is 1. The van der Waals surface area contributed by atoms with E-state index in [1.807, 2.05) is 0 Å². The van der Waals surface area contributed by atoms with E-state index >= 15 is 0 Å². The van der Waals surface area contributed by atoms with Crippen LogP contribution in [0.15, 0.2) is 12.1 Å². The third kappa shape index (κ3) is 2.19. The maximum atomic E-state index is 13.2. The maximum absolute atomic E-state index is 13.2. The van der Waals surface area contributed by atoms with Crippen molar-refractivity contribution < 1.29 is 8.78 Å². The summed E-state index contributed by atoms with van der Waals surface area (Å²) in [5, 5.41) is 11.1. The fourth-order valence-electron chi connectivity index (χ4n) is 1.06. The van der Waals surface area contributed by atoms with Crippen LogP contribution in [-0.4, -0.2) is 6.04 Å². The van der Waals surface area contributed by atoms with Gasteiger partial charge in [0, 0.05) is 6.04 Å². The highest BCUT2D eigenvalue weighted by Crippen LogP contribution is 2.21. The van der Waals surface area contributed by atoms with Gasteiger partial charge in [-0.05, 0) is 26.0 Å². The van der Waals surface area contributed by atoms with Crippen LogP contribution in [0.3, 0.4) is 0 Å². The molecule has 1 N–H and O–H groups in total. The van der Waals surface area contributed by atoms with Crippen LogP contribution in [-0.2, 0) is 0 Å². The van der Waals surface area contributed by atoms with E-state index in [2.05, 4.69) is 5.32 Å². The Bertz CT molecular complexity index is 357. The van der Waals surface area contributed by atoms with E-state index in [0.29, 0.717) is 0 Å². The standard InChI is InChI=1S/C10H10F2N2/c1-6(2)14-10-8(11)3-7(5-13)4-9(10)12/h3-4,6,14H,1-2H3. The summed E-state index contributed by atoms with van der Waals surface area (Å²) in [6.07, 6.45) is 0. The lowest BCUT2D eigenvalue weighted by molar-refractivity contribution is 0.584. The summed E-state index contributed by atoms with van der Waals surface area (Å²) >= 11 is 0. The molecule has 0 aliphatic rings. The van der Waals surface area contributed by atoms with Gasteiger partial charge in [0.2, 0.25) is 0 Å². The molecule has 0 heterocycles. The number of hydrogen-bond donors (Lipinski definition) is 1. The normalized spacial score (nSPS) is 10.0. The van der Waals surface area contributed by atoms with Gasteiger partial charge in [-0.25, -0.2) is 8.78 Å². The molecule has 1 rings (SSSR count). The molecular weight excluding hydrogens is 186 g/mol. The minimum absolute atomic E-state index is 0.0192. The van der Waals surface area contributed by atoms with Crippen molar-refractivity contribution in [3.05, 3.63) is 29.3 Å². The predicted molar refractivity (Wildman–Crippen MR) is 49.8 cm³/mol. The second kappa shape index (κ2) is 4.05. The van der Waals surface area contributed by atoms with Gasteiger partial charge in [0.05, 0.1) is 11.6 Å². The molecule has 14 heavy (non-hydrogen) atoms. The third-order valence-electron chi connectivity index (χ3n) is 1.60. The molecule has 0 amide bonds. The van der Waals surface area contributed by atoms with Crippen molar-refractivity contribution in [2.45, 2.75) is 19.9 Å². The Morgan fingerprint density at radius 1 is 1.29 bits per heavy atom. The van der Waals surface area contributed by atoms with E-state index in [9.17, 15) is 8.78 Å². The number of nitrogens with one attached hydrogen (secondary N) is 1. The van der Waals surface area contributed by atoms with E-state index < -0.39 is 11.6 Å². The highest BCUT2D eigenvalue weighted by molar-refractivity contribution is 5.50. The Hall–Kier alpha value is -1.63. The first-order valence-electron chi connectivity index (χ1n) is 4.20. The smallest absolute Gasteiger partial charge is 0.150 e. The van der Waals surface area contributed by atoms with Crippen LogP contribution in [0.1, 0.15) is 19.4 Å². The first-order chi connectivity index (χ1) is 6.54. The fraction of sp³-hybridized carbons (Fsp3) is 0.300. The van der Waals surface area contributed by atoms with Crippen LogP contribution in [0.25, 0.3) is 0 Å². The van der Waals surface area contributed by atoms with Crippen LogP contribution < -0.4 is 5.32 Å². The Labute approximate surface area is 81.2 Å². The maximum Gasteiger partial charge on any atom is 0.150 e. The quantitative estimate of drug-likeness (QED) is 0.789. The van der Waals surface area contributed by atoms with E-state index in [-0.39, 0.29) is 17.3 Å². The molecule has 0 aromatic heterocycles. The molecule has 0 radical (unpaired) electrons. The van der Waals surface area contributed by atoms with Gasteiger partial charge in [-0.1, -0.05) is 0 Å². The van der Waals surface area contributed by atoms with Gasteiger partial charge in [0.25, 0.3) is 0 Å². The molecule has 4 heteroatoms. The van der Waals surface area contributed by atoms with Gasteiger partial charge in [-0.3, -0.25) is 0 Å². The summed E-state index contributed by atoms with van der Waals surface area (Å²) in [5.41, 5.74) is -0.201. The van der Waals surface area contributed by atoms with Crippen molar-refractivity contribution in [2.24, 2.45) is 0 Å². The zero-order chi connectivity index (χ0) is 10.7. The van der Waals surface area contributed by atoms with Crippen molar-refractivity contribution in [1.29, 1.82) is 5.26 Å². The molecule has 2 nitrogen and oxygen atoms in total. The second-order valence-electron chi connectivity index (χ2n) is 3.23. The molecule has 0 saturated carbocycles. The SMILES string of the molecule is CC(C)Nc1c(F)cc(C#N)cc1F. The lowest BCUT2D eigenvalue weighted by Gasteiger charge is -2.11. The molecule has 0 aliphatic heterocycles. The van der Waals surface area contributed by atoms with Gasteiger partial charge in [0.15, 0.2) is 11.6 Å². The first kappa shape index (κ1) is 10.5. The third-order valence-corrected chi connectivity index (χ3v) is 1.60. The number of hydrogen-bond acceptors (Lipinski definition) is 2. The highest BCUT2D eigenvalue weighted by Gasteiger charge is 2.11. The Balaban J connectivity index is 3.13. The summed E-state index contributed by atoms with van der Waals surface area (Å²) in [6.45, 7) is 3.55. The number of halogens is 2. The molecule has 0 atom stereocenters. The molecule has 0 unspecified atom stereocenters. The number of nitrogens with zero attached hydrogens (tertiary/aromatic N) is 1. The van der Waals surface area contributed by atoms with Crippen LogP contribution in [0.5, 0.6) is 0 Å².